The number of nitrogens with zero attached hydrogens (tertiary/aromatic N) is 1. The van der Waals surface area contributed by atoms with Gasteiger partial charge in [0.2, 0.25) is 0 Å². The van der Waals surface area contributed by atoms with Crippen LogP contribution < -0.4 is 5.32 Å². The first-order valence-electron chi connectivity index (χ1n) is 8.86. The number of aryl methyl sites for hydroxylation is 2. The minimum atomic E-state index is -0.827. The number of amides is 2. The molecular weight excluding hydrogens is 328 g/mol. The van der Waals surface area contributed by atoms with Gasteiger partial charge in [0, 0.05) is 5.56 Å². The number of carbonyl (C=O) groups excluding carboxylic acids is 2. The van der Waals surface area contributed by atoms with E-state index < -0.39 is 11.9 Å². The van der Waals surface area contributed by atoms with Gasteiger partial charge in [0.05, 0.1) is 6.54 Å². The van der Waals surface area contributed by atoms with E-state index in [1.807, 2.05) is 43.3 Å². The van der Waals surface area contributed by atoms with Crippen LogP contribution in [0.5, 0.6) is 0 Å². The number of benzene rings is 2. The number of rotatable bonds is 7. The minimum absolute atomic E-state index is 0.0744. The molecule has 5 nitrogen and oxygen atoms in total. The van der Waals surface area contributed by atoms with E-state index >= 15 is 0 Å². The van der Waals surface area contributed by atoms with Crippen molar-refractivity contribution in [3.63, 3.8) is 0 Å². The summed E-state index contributed by atoms with van der Waals surface area (Å²) in [6, 6.07) is 14.1. The van der Waals surface area contributed by atoms with Crippen molar-refractivity contribution in [1.82, 2.24) is 10.4 Å². The highest BCUT2D eigenvalue weighted by molar-refractivity contribution is 5.97. The second-order valence-corrected chi connectivity index (χ2v) is 6.53. The fraction of sp³-hybridized carbons (Fsp3) is 0.333. The lowest BCUT2D eigenvalue weighted by atomic mass is 10.0. The molecule has 0 aromatic heterocycles. The largest absolute Gasteiger partial charge is 0.340 e. The molecule has 0 aliphatic carbocycles. The van der Waals surface area contributed by atoms with Gasteiger partial charge in [0.1, 0.15) is 6.04 Å². The third-order valence-electron chi connectivity index (χ3n) is 4.09. The molecule has 5 heteroatoms. The summed E-state index contributed by atoms with van der Waals surface area (Å²) >= 11 is 0. The molecule has 0 aliphatic rings. The molecule has 0 saturated carbocycles. The summed E-state index contributed by atoms with van der Waals surface area (Å²) in [6.07, 6.45) is 1.90. The minimum Gasteiger partial charge on any atom is -0.340 e. The number of hydroxylamine groups is 2. The van der Waals surface area contributed by atoms with Crippen molar-refractivity contribution in [2.24, 2.45) is 0 Å². The van der Waals surface area contributed by atoms with Crippen molar-refractivity contribution in [3.8, 4) is 0 Å². The summed E-state index contributed by atoms with van der Waals surface area (Å²) in [5.41, 5.74) is 3.45. The summed E-state index contributed by atoms with van der Waals surface area (Å²) in [5.74, 6) is -0.872. The molecule has 2 aromatic carbocycles. The van der Waals surface area contributed by atoms with Crippen LogP contribution in [-0.2, 0) is 17.8 Å². The predicted molar refractivity (Wildman–Crippen MR) is 101 cm³/mol. The molecule has 2 aromatic rings. The Morgan fingerprint density at radius 1 is 1.12 bits per heavy atom. The van der Waals surface area contributed by atoms with Crippen LogP contribution in [0.25, 0.3) is 0 Å². The Labute approximate surface area is 154 Å². The third kappa shape index (κ3) is 5.43. The molecular formula is C21H26N2O3. The molecule has 0 fully saturated rings. The van der Waals surface area contributed by atoms with Gasteiger partial charge in [-0.15, -0.1) is 0 Å². The lowest BCUT2D eigenvalue weighted by Crippen LogP contribution is -2.45. The molecule has 0 aliphatic heterocycles. The summed E-state index contributed by atoms with van der Waals surface area (Å²) in [6.45, 7) is 5.67. The Hall–Kier alpha value is -2.66. The van der Waals surface area contributed by atoms with Crippen LogP contribution in [0.4, 0.5) is 0 Å². The first kappa shape index (κ1) is 19.7. The molecule has 0 spiro atoms. The van der Waals surface area contributed by atoms with Gasteiger partial charge in [-0.1, -0.05) is 55.3 Å². The van der Waals surface area contributed by atoms with Crippen molar-refractivity contribution in [1.29, 1.82) is 0 Å². The molecule has 26 heavy (non-hydrogen) atoms. The number of nitrogens with one attached hydrogen (secondary N) is 1. The average Bonchev–Trinajstić information content (AvgIpc) is 2.61. The normalized spacial score (nSPS) is 11.7. The summed E-state index contributed by atoms with van der Waals surface area (Å²) in [7, 11) is 0. The maximum atomic E-state index is 12.5. The smallest absolute Gasteiger partial charge is 0.268 e. The maximum Gasteiger partial charge on any atom is 0.268 e. The quantitative estimate of drug-likeness (QED) is 0.591. The topological polar surface area (TPSA) is 69.6 Å². The van der Waals surface area contributed by atoms with Crippen LogP contribution in [0.2, 0.25) is 0 Å². The summed E-state index contributed by atoms with van der Waals surface area (Å²) < 4.78 is 0. The molecule has 138 valence electrons. The fourth-order valence-corrected chi connectivity index (χ4v) is 2.83. The molecule has 0 saturated heterocycles. The van der Waals surface area contributed by atoms with Gasteiger partial charge in [-0.05, 0) is 43.5 Å². The Morgan fingerprint density at radius 2 is 1.81 bits per heavy atom. The molecule has 0 heterocycles. The average molecular weight is 354 g/mol. The van der Waals surface area contributed by atoms with E-state index in [1.165, 1.54) is 0 Å². The van der Waals surface area contributed by atoms with Crippen molar-refractivity contribution in [3.05, 3.63) is 70.8 Å². The number of hydrogen-bond donors (Lipinski definition) is 2. The predicted octanol–water partition coefficient (Wildman–Crippen LogP) is 3.48. The van der Waals surface area contributed by atoms with Gasteiger partial charge < -0.3 is 5.32 Å². The first-order valence-corrected chi connectivity index (χ1v) is 8.86. The lowest BCUT2D eigenvalue weighted by molar-refractivity contribution is -0.169. The van der Waals surface area contributed by atoms with E-state index in [0.29, 0.717) is 10.6 Å². The van der Waals surface area contributed by atoms with E-state index in [9.17, 15) is 14.8 Å². The second kappa shape index (κ2) is 9.15. The summed E-state index contributed by atoms with van der Waals surface area (Å²) in [5, 5.41) is 13.3. The Balaban J connectivity index is 2.00. The van der Waals surface area contributed by atoms with Gasteiger partial charge in [-0.25, -0.2) is 5.06 Å². The zero-order chi connectivity index (χ0) is 19.1. The highest BCUT2D eigenvalue weighted by Crippen LogP contribution is 2.12. The highest BCUT2D eigenvalue weighted by atomic mass is 16.5. The van der Waals surface area contributed by atoms with Crippen molar-refractivity contribution < 1.29 is 14.8 Å². The van der Waals surface area contributed by atoms with E-state index in [0.717, 1.165) is 29.5 Å². The Kier molecular flexibility index (Phi) is 6.92. The SMILES string of the molecule is CCCc1cc(C)cc(C(=O)N[C@H](C)C(=O)N(O)Cc2ccccc2)c1. The van der Waals surface area contributed by atoms with E-state index in [-0.39, 0.29) is 12.5 Å². The van der Waals surface area contributed by atoms with E-state index in [1.54, 1.807) is 13.0 Å². The zero-order valence-corrected chi connectivity index (χ0v) is 15.5. The van der Waals surface area contributed by atoms with Crippen molar-refractivity contribution in [2.75, 3.05) is 0 Å². The molecule has 2 rings (SSSR count). The Bertz CT molecular complexity index is 759. The van der Waals surface area contributed by atoms with Crippen molar-refractivity contribution in [2.45, 2.75) is 46.2 Å². The fourth-order valence-electron chi connectivity index (χ4n) is 2.83. The Morgan fingerprint density at radius 3 is 2.46 bits per heavy atom. The molecule has 2 N–H and O–H groups in total. The second-order valence-electron chi connectivity index (χ2n) is 6.53. The standard InChI is InChI=1S/C21H26N2O3/c1-4-8-18-11-15(2)12-19(13-18)20(24)22-16(3)21(25)23(26)14-17-9-6-5-7-10-17/h5-7,9-13,16,26H,4,8,14H2,1-3H3,(H,22,24)/t16-/m1/s1. The molecule has 0 radical (unpaired) electrons. The van der Waals surface area contributed by atoms with Crippen LogP contribution in [0.1, 0.15) is 47.3 Å². The third-order valence-corrected chi connectivity index (χ3v) is 4.09. The first-order chi connectivity index (χ1) is 12.4. The van der Waals surface area contributed by atoms with Crippen LogP contribution in [0, 0.1) is 6.92 Å². The zero-order valence-electron chi connectivity index (χ0n) is 15.5. The van der Waals surface area contributed by atoms with Crippen LogP contribution >= 0.6 is 0 Å². The van der Waals surface area contributed by atoms with Crippen LogP contribution in [0.15, 0.2) is 48.5 Å². The highest BCUT2D eigenvalue weighted by Gasteiger charge is 2.22. The number of hydrogen-bond acceptors (Lipinski definition) is 3. The molecule has 0 bridgehead atoms. The number of carbonyl (C=O) groups is 2. The van der Waals surface area contributed by atoms with E-state index in [2.05, 4.69) is 18.3 Å². The van der Waals surface area contributed by atoms with Crippen LogP contribution in [0.3, 0.4) is 0 Å². The maximum absolute atomic E-state index is 12.5. The van der Waals surface area contributed by atoms with E-state index in [4.69, 9.17) is 0 Å². The molecule has 2 amide bonds. The molecule has 0 unspecified atom stereocenters. The van der Waals surface area contributed by atoms with Gasteiger partial charge in [-0.3, -0.25) is 14.8 Å². The molecule has 1 atom stereocenters. The van der Waals surface area contributed by atoms with Gasteiger partial charge in [0.15, 0.2) is 0 Å². The summed E-state index contributed by atoms with van der Waals surface area (Å²) in [4.78, 5) is 24.8. The van der Waals surface area contributed by atoms with Gasteiger partial charge >= 0.3 is 0 Å². The van der Waals surface area contributed by atoms with Gasteiger partial charge in [-0.2, -0.15) is 0 Å². The van der Waals surface area contributed by atoms with Crippen molar-refractivity contribution >= 4 is 11.8 Å². The lowest BCUT2D eigenvalue weighted by Gasteiger charge is -2.20. The van der Waals surface area contributed by atoms with Gasteiger partial charge in [0.25, 0.3) is 11.8 Å². The van der Waals surface area contributed by atoms with Crippen LogP contribution in [-0.4, -0.2) is 28.1 Å². The monoisotopic (exact) mass is 354 g/mol.